The number of likely N-dealkylation sites (tertiary alicyclic amines) is 1. The first-order valence-electron chi connectivity index (χ1n) is 8.85. The van der Waals surface area contributed by atoms with E-state index in [-0.39, 0.29) is 17.7 Å². The number of aromatic nitrogens is 1. The monoisotopic (exact) mass is 334 g/mol. The first kappa shape index (κ1) is 17.0. The number of nitrogens with one attached hydrogen (secondary N) is 1. The molecule has 0 radical (unpaired) electrons. The molecule has 3 rings (SSSR count). The lowest BCUT2D eigenvalue weighted by Crippen LogP contribution is -2.52. The lowest BCUT2D eigenvalue weighted by Gasteiger charge is -2.36. The first-order chi connectivity index (χ1) is 11.6. The number of nitrogens with zero attached hydrogens (tertiary/aromatic N) is 3. The maximum Gasteiger partial charge on any atom is 0.259 e. The van der Waals surface area contributed by atoms with Gasteiger partial charge in [0.2, 0.25) is 5.91 Å². The minimum atomic E-state index is -0.0916. The maximum absolute atomic E-state index is 12.9. The van der Waals surface area contributed by atoms with Crippen LogP contribution in [0, 0.1) is 12.8 Å². The van der Waals surface area contributed by atoms with Crippen LogP contribution in [0.1, 0.15) is 41.6 Å². The number of piperazine rings is 1. The molecule has 0 bridgehead atoms. The highest BCUT2D eigenvalue weighted by atomic mass is 16.5. The molecule has 2 fully saturated rings. The molecule has 1 N–H and O–H groups in total. The van der Waals surface area contributed by atoms with Gasteiger partial charge in [-0.3, -0.25) is 9.59 Å². The molecule has 2 aliphatic heterocycles. The molecule has 0 saturated carbocycles. The van der Waals surface area contributed by atoms with E-state index in [0.29, 0.717) is 36.5 Å². The van der Waals surface area contributed by atoms with Crippen LogP contribution in [0.3, 0.4) is 0 Å². The van der Waals surface area contributed by atoms with Gasteiger partial charge in [-0.15, -0.1) is 0 Å². The minimum absolute atomic E-state index is 0.0524. The third kappa shape index (κ3) is 3.31. The van der Waals surface area contributed by atoms with E-state index in [4.69, 9.17) is 4.52 Å². The summed E-state index contributed by atoms with van der Waals surface area (Å²) in [5.41, 5.74) is 1.21. The Hall–Kier alpha value is -1.89. The number of carbonyl (C=O) groups excluding carboxylic acids is 2. The summed E-state index contributed by atoms with van der Waals surface area (Å²) in [4.78, 5) is 29.4. The molecule has 7 heteroatoms. The summed E-state index contributed by atoms with van der Waals surface area (Å²) in [6.45, 7) is 8.14. The van der Waals surface area contributed by atoms with E-state index in [1.165, 1.54) is 0 Å². The van der Waals surface area contributed by atoms with E-state index in [9.17, 15) is 9.59 Å². The van der Waals surface area contributed by atoms with Gasteiger partial charge in [0.25, 0.3) is 5.91 Å². The Morgan fingerprint density at radius 2 is 2.00 bits per heavy atom. The third-order valence-corrected chi connectivity index (χ3v) is 4.95. The molecule has 1 atom stereocenters. The van der Waals surface area contributed by atoms with Crippen LogP contribution in [0.2, 0.25) is 0 Å². The quantitative estimate of drug-likeness (QED) is 0.886. The van der Waals surface area contributed by atoms with Crippen LogP contribution in [0.25, 0.3) is 0 Å². The van der Waals surface area contributed by atoms with Gasteiger partial charge in [-0.2, -0.15) is 0 Å². The largest absolute Gasteiger partial charge is 0.360 e. The Kier molecular flexibility index (Phi) is 5.18. The average molecular weight is 334 g/mol. The third-order valence-electron chi connectivity index (χ3n) is 4.95. The van der Waals surface area contributed by atoms with Crippen LogP contribution in [0.5, 0.6) is 0 Å². The number of rotatable bonds is 3. The highest BCUT2D eigenvalue weighted by Gasteiger charge is 2.33. The van der Waals surface area contributed by atoms with E-state index >= 15 is 0 Å². The zero-order valence-electron chi connectivity index (χ0n) is 14.5. The van der Waals surface area contributed by atoms with Crippen molar-refractivity contribution >= 4 is 11.8 Å². The second-order valence-corrected chi connectivity index (χ2v) is 6.59. The fourth-order valence-electron chi connectivity index (χ4n) is 3.60. The van der Waals surface area contributed by atoms with Crippen LogP contribution in [0.4, 0.5) is 0 Å². The summed E-state index contributed by atoms with van der Waals surface area (Å²) in [5.74, 6) is 0.675. The number of aryl methyl sites for hydroxylation is 2. The molecule has 3 heterocycles. The van der Waals surface area contributed by atoms with Crippen LogP contribution in [-0.4, -0.2) is 66.0 Å². The van der Waals surface area contributed by atoms with Crippen molar-refractivity contribution in [3.05, 3.63) is 17.0 Å². The zero-order valence-corrected chi connectivity index (χ0v) is 14.5. The second kappa shape index (κ2) is 7.34. The highest BCUT2D eigenvalue weighted by Crippen LogP contribution is 2.23. The summed E-state index contributed by atoms with van der Waals surface area (Å²) in [6, 6.07) is 0. The van der Waals surface area contributed by atoms with Crippen molar-refractivity contribution in [2.24, 2.45) is 5.92 Å². The predicted octanol–water partition coefficient (Wildman–Crippen LogP) is 0.829. The van der Waals surface area contributed by atoms with Crippen molar-refractivity contribution < 1.29 is 14.1 Å². The van der Waals surface area contributed by atoms with Gasteiger partial charge in [-0.05, 0) is 19.8 Å². The van der Waals surface area contributed by atoms with E-state index in [0.717, 1.165) is 39.0 Å². The molecular weight excluding hydrogens is 308 g/mol. The smallest absolute Gasteiger partial charge is 0.259 e. The Bertz CT molecular complexity index is 607. The van der Waals surface area contributed by atoms with Crippen LogP contribution in [0.15, 0.2) is 4.52 Å². The van der Waals surface area contributed by atoms with Crippen LogP contribution in [-0.2, 0) is 11.2 Å². The van der Waals surface area contributed by atoms with Crippen LogP contribution < -0.4 is 5.32 Å². The lowest BCUT2D eigenvalue weighted by atomic mass is 9.95. The van der Waals surface area contributed by atoms with Gasteiger partial charge >= 0.3 is 0 Å². The molecule has 1 aromatic heterocycles. The second-order valence-electron chi connectivity index (χ2n) is 6.59. The van der Waals surface area contributed by atoms with Crippen molar-refractivity contribution in [2.45, 2.75) is 33.1 Å². The molecule has 1 unspecified atom stereocenters. The summed E-state index contributed by atoms with van der Waals surface area (Å²) >= 11 is 0. The Morgan fingerprint density at radius 1 is 1.25 bits per heavy atom. The van der Waals surface area contributed by atoms with Gasteiger partial charge in [0.05, 0.1) is 11.6 Å². The van der Waals surface area contributed by atoms with Gasteiger partial charge < -0.3 is 19.6 Å². The van der Waals surface area contributed by atoms with Crippen molar-refractivity contribution in [2.75, 3.05) is 39.3 Å². The summed E-state index contributed by atoms with van der Waals surface area (Å²) in [7, 11) is 0. The molecule has 2 amide bonds. The van der Waals surface area contributed by atoms with Crippen molar-refractivity contribution in [1.82, 2.24) is 20.3 Å². The molecule has 0 aromatic carbocycles. The SMILES string of the molecule is CCc1onc(C)c1C(=O)N1CCCC(C(=O)N2CCNCC2)C1. The Labute approximate surface area is 142 Å². The molecule has 7 nitrogen and oxygen atoms in total. The highest BCUT2D eigenvalue weighted by molar-refractivity contribution is 5.96. The Balaban J connectivity index is 1.69. The number of piperidine rings is 1. The minimum Gasteiger partial charge on any atom is -0.360 e. The number of hydrogen-bond donors (Lipinski definition) is 1. The fraction of sp³-hybridized carbons (Fsp3) is 0.706. The normalized spacial score (nSPS) is 21.8. The first-order valence-corrected chi connectivity index (χ1v) is 8.85. The average Bonchev–Trinajstić information content (AvgIpc) is 3.02. The van der Waals surface area contributed by atoms with Gasteiger partial charge in [-0.1, -0.05) is 12.1 Å². The van der Waals surface area contributed by atoms with Crippen LogP contribution >= 0.6 is 0 Å². The molecule has 1 aromatic rings. The number of amides is 2. The van der Waals surface area contributed by atoms with E-state index in [1.807, 2.05) is 11.8 Å². The van der Waals surface area contributed by atoms with Crippen molar-refractivity contribution in [3.8, 4) is 0 Å². The zero-order chi connectivity index (χ0) is 17.1. The molecule has 0 spiro atoms. The van der Waals surface area contributed by atoms with E-state index in [2.05, 4.69) is 10.5 Å². The molecule has 0 aliphatic carbocycles. The van der Waals surface area contributed by atoms with E-state index < -0.39 is 0 Å². The van der Waals surface area contributed by atoms with Gasteiger partial charge in [-0.25, -0.2) is 0 Å². The number of hydrogen-bond acceptors (Lipinski definition) is 5. The molecule has 2 aliphatic rings. The summed E-state index contributed by atoms with van der Waals surface area (Å²) in [5, 5.41) is 7.19. The topological polar surface area (TPSA) is 78.7 Å². The van der Waals surface area contributed by atoms with Gasteiger partial charge in [0.15, 0.2) is 0 Å². The maximum atomic E-state index is 12.9. The van der Waals surface area contributed by atoms with Gasteiger partial charge in [0.1, 0.15) is 11.3 Å². The predicted molar refractivity (Wildman–Crippen MR) is 88.7 cm³/mol. The lowest BCUT2D eigenvalue weighted by molar-refractivity contribution is -0.137. The summed E-state index contributed by atoms with van der Waals surface area (Å²) < 4.78 is 5.25. The van der Waals surface area contributed by atoms with Gasteiger partial charge in [0, 0.05) is 45.7 Å². The number of carbonyl (C=O) groups is 2. The molecule has 132 valence electrons. The molecule has 24 heavy (non-hydrogen) atoms. The summed E-state index contributed by atoms with van der Waals surface area (Å²) in [6.07, 6.45) is 2.36. The molecular formula is C17H26N4O3. The van der Waals surface area contributed by atoms with E-state index in [1.54, 1.807) is 11.8 Å². The van der Waals surface area contributed by atoms with Crippen molar-refractivity contribution in [1.29, 1.82) is 0 Å². The molecule has 2 saturated heterocycles. The fourth-order valence-corrected chi connectivity index (χ4v) is 3.60. The van der Waals surface area contributed by atoms with Crippen molar-refractivity contribution in [3.63, 3.8) is 0 Å². The standard InChI is InChI=1S/C17H26N4O3/c1-3-14-15(12(2)19-24-14)17(23)21-8-4-5-13(11-21)16(22)20-9-6-18-7-10-20/h13,18H,3-11H2,1-2H3. The Morgan fingerprint density at radius 3 is 2.71 bits per heavy atom.